The third-order valence-electron chi connectivity index (χ3n) is 5.02. The van der Waals surface area contributed by atoms with Crippen LogP contribution in [-0.2, 0) is 9.53 Å². The Morgan fingerprint density at radius 3 is 2.64 bits per heavy atom. The van der Waals surface area contributed by atoms with Crippen molar-refractivity contribution in [3.8, 4) is 17.6 Å². The van der Waals surface area contributed by atoms with Gasteiger partial charge in [0.2, 0.25) is 6.10 Å². The molecular weight excluding hydrogens is 381 g/mol. The zero-order valence-electron chi connectivity index (χ0n) is 15.4. The molecule has 0 heterocycles. The molecule has 0 amide bonds. The molecule has 0 aliphatic heterocycles. The number of nitriles is 1. The van der Waals surface area contributed by atoms with Crippen molar-refractivity contribution in [3.05, 3.63) is 71.5 Å². The Hall–Kier alpha value is -2.84. The third-order valence-corrected chi connectivity index (χ3v) is 5.17. The van der Waals surface area contributed by atoms with Gasteiger partial charge in [-0.05, 0) is 35.6 Å². The van der Waals surface area contributed by atoms with E-state index in [1.165, 1.54) is 23.7 Å². The van der Waals surface area contributed by atoms with Crippen LogP contribution >= 0.6 is 11.6 Å². The zero-order valence-corrected chi connectivity index (χ0v) is 16.2. The van der Waals surface area contributed by atoms with Gasteiger partial charge >= 0.3 is 5.97 Å². The van der Waals surface area contributed by atoms with E-state index in [0.717, 1.165) is 0 Å². The molecule has 1 aliphatic rings. The van der Waals surface area contributed by atoms with Gasteiger partial charge in [-0.25, -0.2) is 4.39 Å². The molecule has 6 heteroatoms. The van der Waals surface area contributed by atoms with Crippen LogP contribution in [0.2, 0.25) is 0 Å². The lowest BCUT2D eigenvalue weighted by molar-refractivity contribution is -0.149. The van der Waals surface area contributed by atoms with Crippen LogP contribution in [0.4, 0.5) is 4.39 Å². The molecule has 1 saturated carbocycles. The summed E-state index contributed by atoms with van der Waals surface area (Å²) >= 11 is 5.63. The number of carbonyl (C=O) groups is 1. The molecule has 144 valence electrons. The molecule has 1 unspecified atom stereocenters. The Kier molecular flexibility index (Phi) is 5.71. The van der Waals surface area contributed by atoms with Crippen molar-refractivity contribution < 1.29 is 18.7 Å². The highest BCUT2D eigenvalue weighted by molar-refractivity contribution is 6.25. The van der Waals surface area contributed by atoms with E-state index < -0.39 is 17.9 Å². The summed E-state index contributed by atoms with van der Waals surface area (Å²) in [6, 6.07) is 14.6. The number of hydrogen-bond acceptors (Lipinski definition) is 4. The zero-order chi connectivity index (χ0) is 20.3. The van der Waals surface area contributed by atoms with E-state index in [0.29, 0.717) is 11.3 Å². The maximum Gasteiger partial charge on any atom is 0.311 e. The van der Waals surface area contributed by atoms with Crippen molar-refractivity contribution in [2.75, 3.05) is 0 Å². The maximum atomic E-state index is 14.1. The highest BCUT2D eigenvalue weighted by atomic mass is 35.5. The van der Waals surface area contributed by atoms with Crippen LogP contribution in [0, 0.1) is 34.4 Å². The summed E-state index contributed by atoms with van der Waals surface area (Å²) in [5.41, 5.74) is 1.44. The van der Waals surface area contributed by atoms with Crippen LogP contribution in [0.25, 0.3) is 0 Å². The van der Waals surface area contributed by atoms with Gasteiger partial charge in [0.1, 0.15) is 11.8 Å². The largest absolute Gasteiger partial charge is 0.454 e. The summed E-state index contributed by atoms with van der Waals surface area (Å²) in [5, 5.41) is 9.48. The molecule has 1 aliphatic carbocycles. The van der Waals surface area contributed by atoms with E-state index in [1.54, 1.807) is 30.3 Å². The highest BCUT2D eigenvalue weighted by Crippen LogP contribution is 2.59. The van der Waals surface area contributed by atoms with Crippen LogP contribution in [0.5, 0.6) is 11.5 Å². The second-order valence-corrected chi connectivity index (χ2v) is 7.45. The molecule has 2 aromatic carbocycles. The number of hydrogen-bond donors (Lipinski definition) is 0. The fraction of sp³-hybridized carbons (Fsp3) is 0.273. The Balaban J connectivity index is 1.77. The summed E-state index contributed by atoms with van der Waals surface area (Å²) in [6.45, 7) is 3.87. The van der Waals surface area contributed by atoms with Crippen LogP contribution in [-0.4, -0.2) is 5.97 Å². The van der Waals surface area contributed by atoms with E-state index in [9.17, 15) is 14.4 Å². The number of para-hydroxylation sites is 1. The van der Waals surface area contributed by atoms with Gasteiger partial charge in [-0.1, -0.05) is 55.8 Å². The average molecular weight is 400 g/mol. The van der Waals surface area contributed by atoms with E-state index >= 15 is 0 Å². The normalized spacial score (nSPS) is 21.0. The van der Waals surface area contributed by atoms with Gasteiger partial charge in [-0.3, -0.25) is 4.79 Å². The number of rotatable bonds is 6. The van der Waals surface area contributed by atoms with Crippen molar-refractivity contribution in [2.24, 2.45) is 17.3 Å². The Morgan fingerprint density at radius 1 is 1.29 bits per heavy atom. The first-order valence-corrected chi connectivity index (χ1v) is 9.21. The molecule has 1 fully saturated rings. The molecule has 2 aromatic rings. The lowest BCUT2D eigenvalue weighted by atomic mass is 10.1. The Morgan fingerprint density at radius 2 is 2.00 bits per heavy atom. The number of ether oxygens (including phenoxy) is 2. The second kappa shape index (κ2) is 8.04. The molecule has 0 aromatic heterocycles. The predicted octanol–water partition coefficient (Wildman–Crippen LogP) is 5.75. The van der Waals surface area contributed by atoms with Crippen LogP contribution in [0.1, 0.15) is 25.5 Å². The summed E-state index contributed by atoms with van der Waals surface area (Å²) in [5.74, 6) is -1.06. The molecule has 3 atom stereocenters. The number of nitrogens with zero attached hydrogens (tertiary/aromatic N) is 1. The van der Waals surface area contributed by atoms with Crippen LogP contribution in [0.3, 0.4) is 0 Å². The molecule has 0 bridgehead atoms. The lowest BCUT2D eigenvalue weighted by Gasteiger charge is -2.14. The lowest BCUT2D eigenvalue weighted by Crippen LogP contribution is -2.14. The summed E-state index contributed by atoms with van der Waals surface area (Å²) in [7, 11) is 0. The summed E-state index contributed by atoms with van der Waals surface area (Å²) in [6.07, 6.45) is 0.585. The van der Waals surface area contributed by atoms with Crippen LogP contribution < -0.4 is 4.74 Å². The Labute approximate surface area is 168 Å². The quantitative estimate of drug-likeness (QED) is 0.580. The van der Waals surface area contributed by atoms with Crippen molar-refractivity contribution in [1.82, 2.24) is 0 Å². The fourth-order valence-corrected chi connectivity index (χ4v) is 3.46. The van der Waals surface area contributed by atoms with Gasteiger partial charge in [-0.15, -0.1) is 0 Å². The maximum absolute atomic E-state index is 14.1. The third kappa shape index (κ3) is 4.02. The summed E-state index contributed by atoms with van der Waals surface area (Å²) in [4.78, 5) is 12.5. The highest BCUT2D eigenvalue weighted by Gasteiger charge is 2.61. The number of benzene rings is 2. The first-order chi connectivity index (χ1) is 13.4. The van der Waals surface area contributed by atoms with Gasteiger partial charge in [-0.2, -0.15) is 5.26 Å². The minimum absolute atomic E-state index is 0.0398. The van der Waals surface area contributed by atoms with E-state index in [1.807, 2.05) is 26.0 Å². The minimum atomic E-state index is -1.16. The number of allylic oxidation sites excluding steroid dienone is 1. The molecule has 4 nitrogen and oxygen atoms in total. The van der Waals surface area contributed by atoms with Crippen molar-refractivity contribution in [3.63, 3.8) is 0 Å². The molecule has 0 saturated heterocycles. The van der Waals surface area contributed by atoms with Gasteiger partial charge in [0.15, 0.2) is 11.6 Å². The number of carbonyl (C=O) groups excluding carboxylic acids is 1. The molecule has 0 radical (unpaired) electrons. The fourth-order valence-electron chi connectivity index (χ4n) is 3.30. The molecular formula is C22H19ClFNO3. The first kappa shape index (κ1) is 19.9. The van der Waals surface area contributed by atoms with Crippen molar-refractivity contribution >= 4 is 17.6 Å². The minimum Gasteiger partial charge on any atom is -0.454 e. The smallest absolute Gasteiger partial charge is 0.311 e. The topological polar surface area (TPSA) is 59.3 Å². The number of halogens is 2. The molecule has 0 N–H and O–H groups in total. The van der Waals surface area contributed by atoms with E-state index in [4.69, 9.17) is 21.1 Å². The van der Waals surface area contributed by atoms with E-state index in [-0.39, 0.29) is 23.0 Å². The Bertz CT molecular complexity index is 937. The monoisotopic (exact) mass is 399 g/mol. The molecule has 3 rings (SSSR count). The molecule has 28 heavy (non-hydrogen) atoms. The average Bonchev–Trinajstić information content (AvgIpc) is 3.23. The standard InChI is InChI=1S/C22H19ClFNO3/c1-22(2)16(10-11-23)20(22)21(26)28-19(13-25)14-8-9-17(24)18(12-14)27-15-6-4-3-5-7-15/h3-12,16,19-20H,1-2H3/b11-10+/t16-,19?,20-/m1/s1. The van der Waals surface area contributed by atoms with Gasteiger partial charge in [0, 0.05) is 11.1 Å². The predicted molar refractivity (Wildman–Crippen MR) is 103 cm³/mol. The number of esters is 1. The van der Waals surface area contributed by atoms with Gasteiger partial charge in [0.25, 0.3) is 0 Å². The first-order valence-electron chi connectivity index (χ1n) is 8.78. The SMILES string of the molecule is CC1(C)[C@H](/C=C/Cl)[C@@H]1C(=O)OC(C#N)c1ccc(F)c(Oc2ccccc2)c1. The van der Waals surface area contributed by atoms with Crippen molar-refractivity contribution in [1.29, 1.82) is 5.26 Å². The van der Waals surface area contributed by atoms with Crippen molar-refractivity contribution in [2.45, 2.75) is 20.0 Å². The van der Waals surface area contributed by atoms with E-state index in [2.05, 4.69) is 0 Å². The van der Waals surface area contributed by atoms with Gasteiger partial charge in [0.05, 0.1) is 5.92 Å². The second-order valence-electron chi connectivity index (χ2n) is 7.19. The molecule has 0 spiro atoms. The summed E-state index contributed by atoms with van der Waals surface area (Å²) < 4.78 is 25.1. The van der Waals surface area contributed by atoms with Crippen LogP contribution in [0.15, 0.2) is 60.1 Å². The van der Waals surface area contributed by atoms with Gasteiger partial charge < -0.3 is 9.47 Å².